The maximum absolute atomic E-state index is 12.9. The van der Waals surface area contributed by atoms with Gasteiger partial charge in [0.15, 0.2) is 0 Å². The third-order valence-corrected chi connectivity index (χ3v) is 6.50. The number of nitrogens with one attached hydrogen (secondary N) is 1. The van der Waals surface area contributed by atoms with Crippen LogP contribution in [0.4, 0.5) is 5.00 Å². The Labute approximate surface area is 169 Å². The van der Waals surface area contributed by atoms with E-state index in [1.165, 1.54) is 11.3 Å². The third kappa shape index (κ3) is 4.46. The summed E-state index contributed by atoms with van der Waals surface area (Å²) in [6.07, 6.45) is 9.02. The summed E-state index contributed by atoms with van der Waals surface area (Å²) in [4.78, 5) is 38.3. The van der Waals surface area contributed by atoms with Crippen LogP contribution in [-0.4, -0.2) is 29.1 Å². The molecule has 1 aromatic rings. The van der Waals surface area contributed by atoms with E-state index in [9.17, 15) is 19.5 Å². The van der Waals surface area contributed by atoms with Gasteiger partial charge >= 0.3 is 11.9 Å². The predicted octanol–water partition coefficient (Wildman–Crippen LogP) is 4.19. The largest absolute Gasteiger partial charge is 0.481 e. The van der Waals surface area contributed by atoms with Crippen molar-refractivity contribution >= 4 is 34.2 Å². The van der Waals surface area contributed by atoms with Gasteiger partial charge in [-0.1, -0.05) is 18.6 Å². The molecule has 152 valence electrons. The highest BCUT2D eigenvalue weighted by atomic mass is 32.1. The molecule has 0 aromatic carbocycles. The average Bonchev–Trinajstić information content (AvgIpc) is 2.81. The van der Waals surface area contributed by atoms with Gasteiger partial charge < -0.3 is 15.2 Å². The summed E-state index contributed by atoms with van der Waals surface area (Å²) in [6.45, 7) is 3.60. The van der Waals surface area contributed by atoms with Gasteiger partial charge in [-0.15, -0.1) is 11.3 Å². The number of hydrogen-bond acceptors (Lipinski definition) is 5. The van der Waals surface area contributed by atoms with E-state index in [0.717, 1.165) is 42.5 Å². The molecule has 0 radical (unpaired) electrons. The smallest absolute Gasteiger partial charge is 0.341 e. The lowest BCUT2D eigenvalue weighted by atomic mass is 9.82. The van der Waals surface area contributed by atoms with E-state index in [4.69, 9.17) is 4.74 Å². The van der Waals surface area contributed by atoms with Crippen molar-refractivity contribution in [1.82, 2.24) is 0 Å². The number of esters is 1. The number of amides is 1. The van der Waals surface area contributed by atoms with Gasteiger partial charge in [0.05, 0.1) is 23.5 Å². The topological polar surface area (TPSA) is 92.7 Å². The molecule has 1 amide bonds. The van der Waals surface area contributed by atoms with Crippen molar-refractivity contribution < 1.29 is 24.2 Å². The number of carboxylic acid groups (broad SMARTS) is 1. The standard InChI is InChI=1S/C21H27NO5S/c1-12(2)27-21(26)17-15-10-4-3-5-11-16(15)28-19(17)22-18(23)13-8-6-7-9-14(13)20(24)25/h6-7,12-14H,3-5,8-11H2,1-2H3,(H,22,23)(H,24,25)/t13-,14+/m1/s1. The molecule has 0 fully saturated rings. The van der Waals surface area contributed by atoms with Crippen LogP contribution in [0.25, 0.3) is 0 Å². The number of allylic oxidation sites excluding steroid dienone is 2. The van der Waals surface area contributed by atoms with Crippen molar-refractivity contribution in [2.45, 2.75) is 64.9 Å². The maximum Gasteiger partial charge on any atom is 0.341 e. The summed E-state index contributed by atoms with van der Waals surface area (Å²) >= 11 is 1.43. The number of aliphatic carboxylic acids is 1. The normalized spacial score (nSPS) is 21.7. The SMILES string of the molecule is CC(C)OC(=O)c1c(NC(=O)[C@@H]2CC=CC[C@@H]2C(=O)O)sc2c1CCCCC2. The number of anilines is 1. The summed E-state index contributed by atoms with van der Waals surface area (Å²) in [5.74, 6) is -3.10. The molecule has 2 N–H and O–H groups in total. The van der Waals surface area contributed by atoms with Crippen molar-refractivity contribution in [2.24, 2.45) is 11.8 Å². The van der Waals surface area contributed by atoms with E-state index >= 15 is 0 Å². The third-order valence-electron chi connectivity index (χ3n) is 5.29. The number of rotatable bonds is 5. The highest BCUT2D eigenvalue weighted by Gasteiger charge is 2.35. The Morgan fingerprint density at radius 3 is 2.46 bits per heavy atom. The first-order valence-electron chi connectivity index (χ1n) is 9.92. The minimum absolute atomic E-state index is 0.253. The monoisotopic (exact) mass is 405 g/mol. The van der Waals surface area contributed by atoms with Crippen LogP contribution in [0.2, 0.25) is 0 Å². The number of carbonyl (C=O) groups is 3. The number of carbonyl (C=O) groups excluding carboxylic acids is 2. The number of carboxylic acids is 1. The average molecular weight is 406 g/mol. The van der Waals surface area contributed by atoms with E-state index in [1.807, 2.05) is 6.08 Å². The van der Waals surface area contributed by atoms with Gasteiger partial charge in [-0.2, -0.15) is 0 Å². The summed E-state index contributed by atoms with van der Waals surface area (Å²) in [5.41, 5.74) is 1.45. The lowest BCUT2D eigenvalue weighted by Gasteiger charge is -2.24. The number of fused-ring (bicyclic) bond motifs is 1. The molecular weight excluding hydrogens is 378 g/mol. The van der Waals surface area contributed by atoms with Gasteiger partial charge in [0, 0.05) is 4.88 Å². The minimum Gasteiger partial charge on any atom is -0.481 e. The molecule has 6 nitrogen and oxygen atoms in total. The zero-order valence-corrected chi connectivity index (χ0v) is 17.1. The van der Waals surface area contributed by atoms with Crippen LogP contribution in [0, 0.1) is 11.8 Å². The molecular formula is C21H27NO5S. The molecule has 1 aromatic heterocycles. The van der Waals surface area contributed by atoms with Crippen LogP contribution in [0.5, 0.6) is 0 Å². The molecule has 2 aliphatic rings. The second-order valence-electron chi connectivity index (χ2n) is 7.71. The zero-order valence-electron chi connectivity index (χ0n) is 16.3. The summed E-state index contributed by atoms with van der Waals surface area (Å²) < 4.78 is 5.44. The second-order valence-corrected chi connectivity index (χ2v) is 8.81. The molecule has 0 unspecified atom stereocenters. The second kappa shape index (κ2) is 8.90. The first-order valence-corrected chi connectivity index (χ1v) is 10.7. The summed E-state index contributed by atoms with van der Waals surface area (Å²) in [7, 11) is 0. The van der Waals surface area contributed by atoms with Crippen LogP contribution in [0.3, 0.4) is 0 Å². The van der Waals surface area contributed by atoms with E-state index in [1.54, 1.807) is 19.9 Å². The first kappa shape index (κ1) is 20.6. The molecule has 2 aliphatic carbocycles. The van der Waals surface area contributed by atoms with E-state index in [2.05, 4.69) is 5.32 Å². The van der Waals surface area contributed by atoms with Crippen molar-refractivity contribution in [3.63, 3.8) is 0 Å². The van der Waals surface area contributed by atoms with Crippen LogP contribution in [0.1, 0.15) is 66.8 Å². The summed E-state index contributed by atoms with van der Waals surface area (Å²) in [6, 6.07) is 0. The molecule has 28 heavy (non-hydrogen) atoms. The molecule has 3 rings (SSSR count). The lowest BCUT2D eigenvalue weighted by molar-refractivity contribution is -0.146. The van der Waals surface area contributed by atoms with Gasteiger partial charge in [-0.05, 0) is 57.9 Å². The maximum atomic E-state index is 12.9. The molecule has 0 aliphatic heterocycles. The Bertz CT molecular complexity index is 795. The van der Waals surface area contributed by atoms with Gasteiger partial charge in [-0.25, -0.2) is 4.79 Å². The Balaban J connectivity index is 1.90. The lowest BCUT2D eigenvalue weighted by Crippen LogP contribution is -2.34. The fraction of sp³-hybridized carbons (Fsp3) is 0.571. The highest BCUT2D eigenvalue weighted by Crippen LogP contribution is 2.39. The fourth-order valence-electron chi connectivity index (χ4n) is 3.90. The highest BCUT2D eigenvalue weighted by molar-refractivity contribution is 7.17. The van der Waals surface area contributed by atoms with Crippen molar-refractivity contribution in [3.8, 4) is 0 Å². The quantitative estimate of drug-likeness (QED) is 0.435. The van der Waals surface area contributed by atoms with Crippen LogP contribution < -0.4 is 5.32 Å². The minimum atomic E-state index is -0.967. The van der Waals surface area contributed by atoms with E-state index in [0.29, 0.717) is 23.4 Å². The zero-order chi connectivity index (χ0) is 20.3. The van der Waals surface area contributed by atoms with Crippen LogP contribution in [-0.2, 0) is 27.2 Å². The fourth-order valence-corrected chi connectivity index (χ4v) is 5.18. The number of thiophene rings is 1. The Hall–Kier alpha value is -2.15. The van der Waals surface area contributed by atoms with Crippen molar-refractivity contribution in [1.29, 1.82) is 0 Å². The van der Waals surface area contributed by atoms with Gasteiger partial charge in [0.1, 0.15) is 5.00 Å². The van der Waals surface area contributed by atoms with Crippen molar-refractivity contribution in [3.05, 3.63) is 28.2 Å². The molecule has 7 heteroatoms. The number of ether oxygens (including phenoxy) is 1. The van der Waals surface area contributed by atoms with E-state index < -0.39 is 23.8 Å². The van der Waals surface area contributed by atoms with Crippen LogP contribution in [0.15, 0.2) is 12.2 Å². The molecule has 2 atom stereocenters. The van der Waals surface area contributed by atoms with Gasteiger partial charge in [-0.3, -0.25) is 9.59 Å². The molecule has 1 heterocycles. The Morgan fingerprint density at radius 2 is 1.79 bits per heavy atom. The first-order chi connectivity index (χ1) is 13.4. The Kier molecular flexibility index (Phi) is 6.54. The molecule has 0 saturated carbocycles. The Morgan fingerprint density at radius 1 is 1.11 bits per heavy atom. The van der Waals surface area contributed by atoms with Crippen molar-refractivity contribution in [2.75, 3.05) is 5.32 Å². The van der Waals surface area contributed by atoms with E-state index in [-0.39, 0.29) is 12.0 Å². The summed E-state index contributed by atoms with van der Waals surface area (Å²) in [5, 5.41) is 12.8. The molecule has 0 saturated heterocycles. The molecule has 0 spiro atoms. The van der Waals surface area contributed by atoms with Crippen LogP contribution >= 0.6 is 11.3 Å². The van der Waals surface area contributed by atoms with Gasteiger partial charge in [0.2, 0.25) is 5.91 Å². The predicted molar refractivity (Wildman–Crippen MR) is 108 cm³/mol. The number of aryl methyl sites for hydroxylation is 1. The molecule has 0 bridgehead atoms. The number of hydrogen-bond donors (Lipinski definition) is 2. The van der Waals surface area contributed by atoms with Gasteiger partial charge in [0.25, 0.3) is 0 Å².